The highest BCUT2D eigenvalue weighted by Crippen LogP contribution is 2.25. The highest BCUT2D eigenvalue weighted by Gasteiger charge is 2.22. The van der Waals surface area contributed by atoms with Crippen molar-refractivity contribution in [2.75, 3.05) is 18.5 Å². The molecule has 5 nitrogen and oxygen atoms in total. The van der Waals surface area contributed by atoms with Crippen LogP contribution in [0.25, 0.3) is 0 Å². The number of pyridine rings is 1. The number of nitrogens with one attached hydrogen (secondary N) is 1. The molecule has 19 heavy (non-hydrogen) atoms. The van der Waals surface area contributed by atoms with Crippen molar-refractivity contribution >= 4 is 15.8 Å². The van der Waals surface area contributed by atoms with Gasteiger partial charge in [-0.25, -0.2) is 18.1 Å². The lowest BCUT2D eigenvalue weighted by molar-refractivity contribution is 0.446. The molecule has 1 N–H and O–H groups in total. The number of anilines is 1. The fourth-order valence-corrected chi connectivity index (χ4v) is 3.22. The Labute approximate surface area is 115 Å². The standard InChI is InChI=1S/C13H21N3O2S/c1-3-11-6-4-5-9-16(11)13-8-7-12(10-15-13)19(17,18)14-2/h7-8,10-11,14H,3-6,9H2,1-2H3. The van der Waals surface area contributed by atoms with Crippen LogP contribution < -0.4 is 9.62 Å². The van der Waals surface area contributed by atoms with Crippen molar-refractivity contribution < 1.29 is 8.42 Å². The zero-order valence-electron chi connectivity index (χ0n) is 11.5. The molecule has 0 aromatic carbocycles. The Balaban J connectivity index is 2.22. The number of hydrogen-bond donors (Lipinski definition) is 1. The molecule has 1 saturated heterocycles. The van der Waals surface area contributed by atoms with Crippen molar-refractivity contribution in [3.8, 4) is 0 Å². The van der Waals surface area contributed by atoms with E-state index in [-0.39, 0.29) is 4.90 Å². The Hall–Kier alpha value is -1.14. The van der Waals surface area contributed by atoms with Crippen molar-refractivity contribution in [1.82, 2.24) is 9.71 Å². The van der Waals surface area contributed by atoms with E-state index in [1.807, 2.05) is 0 Å². The molecule has 0 spiro atoms. The number of hydrogen-bond acceptors (Lipinski definition) is 4. The Morgan fingerprint density at radius 2 is 2.21 bits per heavy atom. The third-order valence-electron chi connectivity index (χ3n) is 3.69. The van der Waals surface area contributed by atoms with Crippen LogP contribution in [0.15, 0.2) is 23.2 Å². The third kappa shape index (κ3) is 3.06. The van der Waals surface area contributed by atoms with E-state index < -0.39 is 10.0 Å². The van der Waals surface area contributed by atoms with E-state index >= 15 is 0 Å². The Bertz CT molecular complexity index is 513. The second-order valence-electron chi connectivity index (χ2n) is 4.81. The van der Waals surface area contributed by atoms with Crippen molar-refractivity contribution in [3.05, 3.63) is 18.3 Å². The normalized spacial score (nSPS) is 20.5. The van der Waals surface area contributed by atoms with Crippen LogP contribution in [-0.4, -0.2) is 33.0 Å². The summed E-state index contributed by atoms with van der Waals surface area (Å²) in [6, 6.07) is 3.95. The number of aromatic nitrogens is 1. The minimum Gasteiger partial charge on any atom is -0.354 e. The van der Waals surface area contributed by atoms with Gasteiger partial charge in [0.1, 0.15) is 10.7 Å². The molecule has 2 heterocycles. The quantitative estimate of drug-likeness (QED) is 0.914. The van der Waals surface area contributed by atoms with Crippen molar-refractivity contribution in [1.29, 1.82) is 0 Å². The van der Waals surface area contributed by atoms with Crippen molar-refractivity contribution in [2.24, 2.45) is 0 Å². The van der Waals surface area contributed by atoms with E-state index in [1.54, 1.807) is 12.1 Å². The first-order valence-corrected chi connectivity index (χ1v) is 8.23. The molecule has 0 bridgehead atoms. The lowest BCUT2D eigenvalue weighted by atomic mass is 10.00. The van der Waals surface area contributed by atoms with E-state index in [1.165, 1.54) is 32.5 Å². The van der Waals surface area contributed by atoms with E-state index in [0.717, 1.165) is 18.8 Å². The summed E-state index contributed by atoms with van der Waals surface area (Å²) in [7, 11) is -1.99. The van der Waals surface area contributed by atoms with Gasteiger partial charge in [-0.15, -0.1) is 0 Å². The number of nitrogens with zero attached hydrogens (tertiary/aromatic N) is 2. The van der Waals surface area contributed by atoms with Gasteiger partial charge in [-0.05, 0) is 44.9 Å². The molecule has 0 saturated carbocycles. The minimum absolute atomic E-state index is 0.212. The van der Waals surface area contributed by atoms with Gasteiger partial charge >= 0.3 is 0 Å². The van der Waals surface area contributed by atoms with Gasteiger partial charge in [-0.3, -0.25) is 0 Å². The summed E-state index contributed by atoms with van der Waals surface area (Å²) in [5.74, 6) is 0.876. The summed E-state index contributed by atoms with van der Waals surface area (Å²) in [6.45, 7) is 3.19. The second kappa shape index (κ2) is 5.88. The first-order chi connectivity index (χ1) is 9.08. The smallest absolute Gasteiger partial charge is 0.241 e. The molecule has 1 aliphatic heterocycles. The van der Waals surface area contributed by atoms with Crippen LogP contribution in [0.4, 0.5) is 5.82 Å². The topological polar surface area (TPSA) is 62.3 Å². The molecule has 0 radical (unpaired) electrons. The summed E-state index contributed by atoms with van der Waals surface area (Å²) >= 11 is 0. The SMILES string of the molecule is CCC1CCCCN1c1ccc(S(=O)(=O)NC)cn1. The van der Waals surface area contributed by atoms with Gasteiger partial charge in [-0.1, -0.05) is 6.92 Å². The van der Waals surface area contributed by atoms with Crippen LogP contribution in [0.1, 0.15) is 32.6 Å². The molecule has 1 aliphatic rings. The third-order valence-corrected chi connectivity index (χ3v) is 5.09. The molecular formula is C13H21N3O2S. The maximum atomic E-state index is 11.6. The summed E-state index contributed by atoms with van der Waals surface area (Å²) in [4.78, 5) is 6.82. The number of piperidine rings is 1. The molecule has 1 aromatic heterocycles. The predicted octanol–water partition coefficient (Wildman–Crippen LogP) is 1.76. The first kappa shape index (κ1) is 14.3. The summed E-state index contributed by atoms with van der Waals surface area (Å²) in [6.07, 6.45) is 6.16. The van der Waals surface area contributed by atoms with Crippen molar-refractivity contribution in [3.63, 3.8) is 0 Å². The minimum atomic E-state index is -3.40. The summed E-state index contributed by atoms with van der Waals surface area (Å²) in [5.41, 5.74) is 0. The predicted molar refractivity (Wildman–Crippen MR) is 75.8 cm³/mol. The van der Waals surface area contributed by atoms with Gasteiger partial charge in [0, 0.05) is 18.8 Å². The Morgan fingerprint density at radius 1 is 1.42 bits per heavy atom. The highest BCUT2D eigenvalue weighted by molar-refractivity contribution is 7.89. The Kier molecular flexibility index (Phi) is 4.42. The molecule has 106 valence electrons. The molecule has 1 atom stereocenters. The lowest BCUT2D eigenvalue weighted by Crippen LogP contribution is -2.39. The average Bonchev–Trinajstić information content (AvgIpc) is 2.47. The van der Waals surface area contributed by atoms with Gasteiger partial charge in [0.15, 0.2) is 0 Å². The van der Waals surface area contributed by atoms with E-state index in [2.05, 4.69) is 21.5 Å². The molecule has 6 heteroatoms. The highest BCUT2D eigenvalue weighted by atomic mass is 32.2. The van der Waals surface area contributed by atoms with Crippen LogP contribution in [0.2, 0.25) is 0 Å². The zero-order valence-corrected chi connectivity index (χ0v) is 12.3. The monoisotopic (exact) mass is 283 g/mol. The fraction of sp³-hybridized carbons (Fsp3) is 0.615. The largest absolute Gasteiger partial charge is 0.354 e. The molecule has 1 fully saturated rings. The summed E-state index contributed by atoms with van der Waals surface area (Å²) in [5, 5.41) is 0. The second-order valence-corrected chi connectivity index (χ2v) is 6.70. The van der Waals surface area contributed by atoms with Crippen LogP contribution in [0.3, 0.4) is 0 Å². The molecule has 0 aliphatic carbocycles. The molecule has 1 unspecified atom stereocenters. The fourth-order valence-electron chi connectivity index (χ4n) is 2.55. The Morgan fingerprint density at radius 3 is 2.79 bits per heavy atom. The molecule has 2 rings (SSSR count). The van der Waals surface area contributed by atoms with Gasteiger partial charge in [0.25, 0.3) is 0 Å². The molecule has 0 amide bonds. The maximum absolute atomic E-state index is 11.6. The average molecular weight is 283 g/mol. The van der Waals surface area contributed by atoms with Gasteiger partial charge in [0.2, 0.25) is 10.0 Å². The van der Waals surface area contributed by atoms with Crippen LogP contribution in [-0.2, 0) is 10.0 Å². The number of rotatable bonds is 4. The lowest BCUT2D eigenvalue weighted by Gasteiger charge is -2.36. The van der Waals surface area contributed by atoms with Gasteiger partial charge < -0.3 is 4.90 Å². The van der Waals surface area contributed by atoms with Crippen LogP contribution in [0, 0.1) is 0 Å². The first-order valence-electron chi connectivity index (χ1n) is 6.74. The van der Waals surface area contributed by atoms with Crippen LogP contribution >= 0.6 is 0 Å². The van der Waals surface area contributed by atoms with E-state index in [4.69, 9.17) is 0 Å². The van der Waals surface area contributed by atoms with Gasteiger partial charge in [-0.2, -0.15) is 0 Å². The van der Waals surface area contributed by atoms with Gasteiger partial charge in [0.05, 0.1) is 0 Å². The molecular weight excluding hydrogens is 262 g/mol. The van der Waals surface area contributed by atoms with E-state index in [0.29, 0.717) is 6.04 Å². The summed E-state index contributed by atoms with van der Waals surface area (Å²) < 4.78 is 25.6. The van der Waals surface area contributed by atoms with Crippen LogP contribution in [0.5, 0.6) is 0 Å². The van der Waals surface area contributed by atoms with E-state index in [9.17, 15) is 8.42 Å². The van der Waals surface area contributed by atoms with Crippen molar-refractivity contribution in [2.45, 2.75) is 43.5 Å². The maximum Gasteiger partial charge on any atom is 0.241 e. The number of sulfonamides is 1. The zero-order chi connectivity index (χ0) is 13.9. The molecule has 1 aromatic rings.